The topological polar surface area (TPSA) is 44.8 Å². The van der Waals surface area contributed by atoms with Crippen molar-refractivity contribution in [1.29, 1.82) is 0 Å². The van der Waals surface area contributed by atoms with Crippen LogP contribution in [-0.2, 0) is 9.53 Å². The zero-order valence-corrected chi connectivity index (χ0v) is 15.2. The van der Waals surface area contributed by atoms with Crippen LogP contribution in [0.5, 0.6) is 0 Å². The van der Waals surface area contributed by atoms with Crippen molar-refractivity contribution in [3.05, 3.63) is 24.3 Å². The smallest absolute Gasteiger partial charge is 0.239 e. The lowest BCUT2D eigenvalue weighted by molar-refractivity contribution is -0.119. The fourth-order valence-electron chi connectivity index (χ4n) is 3.22. The Morgan fingerprint density at radius 1 is 1.33 bits per heavy atom. The zero-order chi connectivity index (χ0) is 16.8. The van der Waals surface area contributed by atoms with E-state index in [9.17, 15) is 4.79 Å². The Hall–Kier alpha value is -1.24. The molecule has 2 aliphatic rings. The van der Waals surface area contributed by atoms with Gasteiger partial charge in [0.2, 0.25) is 5.91 Å². The SMILES string of the molecule is C[C@H]1CN(CC(=O)NCCCN2CCOCC2)c2ccccc2S1. The predicted molar refractivity (Wildman–Crippen MR) is 98.9 cm³/mol. The maximum absolute atomic E-state index is 12.3. The Morgan fingerprint density at radius 2 is 2.12 bits per heavy atom. The lowest BCUT2D eigenvalue weighted by Gasteiger charge is -2.33. The number of anilines is 1. The molecule has 5 nitrogen and oxygen atoms in total. The molecule has 3 rings (SSSR count). The van der Waals surface area contributed by atoms with Gasteiger partial charge in [0.05, 0.1) is 25.4 Å². The highest BCUT2D eigenvalue weighted by atomic mass is 32.2. The second kappa shape index (κ2) is 8.74. The lowest BCUT2D eigenvalue weighted by Crippen LogP contribution is -2.42. The van der Waals surface area contributed by atoms with Crippen LogP contribution in [0.2, 0.25) is 0 Å². The summed E-state index contributed by atoms with van der Waals surface area (Å²) >= 11 is 1.89. The van der Waals surface area contributed by atoms with Gasteiger partial charge in [0.1, 0.15) is 0 Å². The molecule has 1 fully saturated rings. The molecule has 2 aliphatic heterocycles. The number of fused-ring (bicyclic) bond motifs is 1. The number of hydrogen-bond acceptors (Lipinski definition) is 5. The van der Waals surface area contributed by atoms with Crippen molar-refractivity contribution in [2.75, 3.05) is 57.4 Å². The van der Waals surface area contributed by atoms with Gasteiger partial charge in [-0.15, -0.1) is 11.8 Å². The molecule has 0 radical (unpaired) electrons. The third-order valence-corrected chi connectivity index (χ3v) is 5.57. The highest BCUT2D eigenvalue weighted by molar-refractivity contribution is 8.00. The molecule has 1 atom stereocenters. The third kappa shape index (κ3) is 4.88. The van der Waals surface area contributed by atoms with Crippen molar-refractivity contribution in [3.8, 4) is 0 Å². The number of hydrogen-bond donors (Lipinski definition) is 1. The standard InChI is InChI=1S/C18H27N3O2S/c1-15-13-21(16-5-2-3-6-17(16)24-15)14-18(22)19-7-4-8-20-9-11-23-12-10-20/h2-3,5-6,15H,4,7-14H2,1H3,(H,19,22)/t15-/m0/s1. The Labute approximate surface area is 148 Å². The molecule has 0 bridgehead atoms. The van der Waals surface area contributed by atoms with Crippen molar-refractivity contribution < 1.29 is 9.53 Å². The van der Waals surface area contributed by atoms with Gasteiger partial charge >= 0.3 is 0 Å². The summed E-state index contributed by atoms with van der Waals surface area (Å²) in [6, 6.07) is 8.36. The second-order valence-electron chi connectivity index (χ2n) is 6.43. The molecule has 0 spiro atoms. The van der Waals surface area contributed by atoms with Gasteiger partial charge < -0.3 is 15.0 Å². The number of morpholine rings is 1. The van der Waals surface area contributed by atoms with Gasteiger partial charge in [-0.2, -0.15) is 0 Å². The monoisotopic (exact) mass is 349 g/mol. The van der Waals surface area contributed by atoms with Crippen LogP contribution in [0.3, 0.4) is 0 Å². The molecule has 0 unspecified atom stereocenters. The van der Waals surface area contributed by atoms with Gasteiger partial charge in [-0.3, -0.25) is 9.69 Å². The predicted octanol–water partition coefficient (Wildman–Crippen LogP) is 1.83. The quantitative estimate of drug-likeness (QED) is 0.794. The van der Waals surface area contributed by atoms with Crippen molar-refractivity contribution in [3.63, 3.8) is 0 Å². The largest absolute Gasteiger partial charge is 0.379 e. The number of ether oxygens (including phenoxy) is 1. The molecule has 1 saturated heterocycles. The van der Waals surface area contributed by atoms with Gasteiger partial charge in [-0.05, 0) is 25.1 Å². The van der Waals surface area contributed by atoms with E-state index in [2.05, 4.69) is 40.2 Å². The summed E-state index contributed by atoms with van der Waals surface area (Å²) in [5.74, 6) is 0.117. The van der Waals surface area contributed by atoms with E-state index in [4.69, 9.17) is 4.74 Å². The average molecular weight is 349 g/mol. The summed E-state index contributed by atoms with van der Waals surface area (Å²) in [5.41, 5.74) is 1.18. The van der Waals surface area contributed by atoms with E-state index in [1.807, 2.05) is 17.8 Å². The van der Waals surface area contributed by atoms with Crippen molar-refractivity contribution in [1.82, 2.24) is 10.2 Å². The molecule has 0 aromatic heterocycles. The Morgan fingerprint density at radius 3 is 2.96 bits per heavy atom. The molecule has 6 heteroatoms. The van der Waals surface area contributed by atoms with E-state index in [-0.39, 0.29) is 5.91 Å². The van der Waals surface area contributed by atoms with E-state index in [0.717, 1.165) is 52.4 Å². The fraction of sp³-hybridized carbons (Fsp3) is 0.611. The number of nitrogens with one attached hydrogen (secondary N) is 1. The molecule has 0 aliphatic carbocycles. The zero-order valence-electron chi connectivity index (χ0n) is 14.4. The maximum atomic E-state index is 12.3. The van der Waals surface area contributed by atoms with E-state index in [1.165, 1.54) is 10.6 Å². The van der Waals surface area contributed by atoms with Crippen LogP contribution >= 0.6 is 11.8 Å². The van der Waals surface area contributed by atoms with Crippen LogP contribution in [0.1, 0.15) is 13.3 Å². The Balaban J connectivity index is 1.42. The summed E-state index contributed by atoms with van der Waals surface area (Å²) in [5, 5.41) is 3.58. The van der Waals surface area contributed by atoms with Crippen LogP contribution in [0.25, 0.3) is 0 Å². The molecule has 1 aromatic carbocycles. The summed E-state index contributed by atoms with van der Waals surface area (Å²) in [7, 11) is 0. The molecule has 0 saturated carbocycles. The fourth-order valence-corrected chi connectivity index (χ4v) is 4.38. The first-order chi connectivity index (χ1) is 11.7. The van der Waals surface area contributed by atoms with Crippen LogP contribution in [0, 0.1) is 0 Å². The number of benzene rings is 1. The first-order valence-electron chi connectivity index (χ1n) is 8.80. The van der Waals surface area contributed by atoms with Crippen molar-refractivity contribution >= 4 is 23.4 Å². The average Bonchev–Trinajstić information content (AvgIpc) is 2.59. The highest BCUT2D eigenvalue weighted by Crippen LogP contribution is 2.37. The number of carbonyl (C=O) groups is 1. The highest BCUT2D eigenvalue weighted by Gasteiger charge is 2.23. The van der Waals surface area contributed by atoms with Gasteiger partial charge in [0.15, 0.2) is 0 Å². The number of amides is 1. The minimum Gasteiger partial charge on any atom is -0.379 e. The van der Waals surface area contributed by atoms with Gasteiger partial charge in [0, 0.05) is 36.3 Å². The number of carbonyl (C=O) groups excluding carboxylic acids is 1. The molecule has 1 amide bonds. The molecular weight excluding hydrogens is 322 g/mol. The van der Waals surface area contributed by atoms with E-state index in [0.29, 0.717) is 11.8 Å². The maximum Gasteiger partial charge on any atom is 0.239 e. The number of thioether (sulfide) groups is 1. The molecule has 24 heavy (non-hydrogen) atoms. The Kier molecular flexibility index (Phi) is 6.40. The van der Waals surface area contributed by atoms with E-state index < -0.39 is 0 Å². The molecular formula is C18H27N3O2S. The van der Waals surface area contributed by atoms with Gasteiger partial charge in [-0.1, -0.05) is 19.1 Å². The minimum absolute atomic E-state index is 0.117. The first-order valence-corrected chi connectivity index (χ1v) is 9.68. The lowest BCUT2D eigenvalue weighted by atomic mass is 10.2. The van der Waals surface area contributed by atoms with E-state index >= 15 is 0 Å². The summed E-state index contributed by atoms with van der Waals surface area (Å²) < 4.78 is 5.35. The van der Waals surface area contributed by atoms with Crippen LogP contribution in [0.15, 0.2) is 29.2 Å². The first kappa shape index (κ1) is 17.6. The van der Waals surface area contributed by atoms with Gasteiger partial charge in [-0.25, -0.2) is 0 Å². The number of nitrogens with zero attached hydrogens (tertiary/aromatic N) is 2. The third-order valence-electron chi connectivity index (χ3n) is 4.42. The summed E-state index contributed by atoms with van der Waals surface area (Å²) in [6.45, 7) is 9.03. The second-order valence-corrected chi connectivity index (χ2v) is 7.91. The molecule has 1 aromatic rings. The summed E-state index contributed by atoms with van der Waals surface area (Å²) in [6.07, 6.45) is 0.995. The van der Waals surface area contributed by atoms with Crippen LogP contribution in [-0.4, -0.2) is 68.5 Å². The molecule has 2 heterocycles. The number of rotatable bonds is 6. The normalized spacial score (nSPS) is 21.4. The van der Waals surface area contributed by atoms with E-state index in [1.54, 1.807) is 0 Å². The van der Waals surface area contributed by atoms with Crippen LogP contribution < -0.4 is 10.2 Å². The van der Waals surface area contributed by atoms with Crippen molar-refractivity contribution in [2.24, 2.45) is 0 Å². The molecule has 132 valence electrons. The minimum atomic E-state index is 0.117. The summed E-state index contributed by atoms with van der Waals surface area (Å²) in [4.78, 5) is 18.2. The van der Waals surface area contributed by atoms with Crippen molar-refractivity contribution in [2.45, 2.75) is 23.5 Å². The van der Waals surface area contributed by atoms with Crippen LogP contribution in [0.4, 0.5) is 5.69 Å². The Bertz CT molecular complexity index is 549. The molecule has 1 N–H and O–H groups in total. The number of para-hydroxylation sites is 1. The van der Waals surface area contributed by atoms with Gasteiger partial charge in [0.25, 0.3) is 0 Å².